The summed E-state index contributed by atoms with van der Waals surface area (Å²) in [5.74, 6) is 0.120. The van der Waals surface area contributed by atoms with Crippen LogP contribution in [0.15, 0.2) is 30.3 Å². The van der Waals surface area contributed by atoms with Crippen LogP contribution >= 0.6 is 0 Å². The molecule has 148 valence electrons. The second-order valence-electron chi connectivity index (χ2n) is 8.57. The molecule has 3 rings (SSSR count). The highest BCUT2D eigenvalue weighted by molar-refractivity contribution is 5.72. The Labute approximate surface area is 161 Å². The van der Waals surface area contributed by atoms with Gasteiger partial charge in [-0.1, -0.05) is 30.3 Å². The van der Waals surface area contributed by atoms with Gasteiger partial charge in [-0.2, -0.15) is 0 Å². The lowest BCUT2D eigenvalue weighted by molar-refractivity contribution is -0.153. The molecule has 2 fully saturated rings. The monoisotopic (exact) mass is 374 g/mol. The molecule has 1 aromatic carbocycles. The molecule has 0 bridgehead atoms. The maximum Gasteiger partial charge on any atom is 0.410 e. The van der Waals surface area contributed by atoms with E-state index in [4.69, 9.17) is 9.47 Å². The lowest BCUT2D eigenvalue weighted by Crippen LogP contribution is -2.44. The average Bonchev–Trinajstić information content (AvgIpc) is 3.24. The summed E-state index contributed by atoms with van der Waals surface area (Å²) in [4.78, 5) is 26.1. The summed E-state index contributed by atoms with van der Waals surface area (Å²) in [5.41, 5.74) is 0.479. The summed E-state index contributed by atoms with van der Waals surface area (Å²) in [7, 11) is 0. The van der Waals surface area contributed by atoms with Gasteiger partial charge in [0.1, 0.15) is 12.2 Å². The number of nitrogens with one attached hydrogen (secondary N) is 1. The molecule has 1 amide bonds. The van der Waals surface area contributed by atoms with Crippen LogP contribution in [0.25, 0.3) is 0 Å². The first-order valence-corrected chi connectivity index (χ1v) is 9.70. The highest BCUT2D eigenvalue weighted by Crippen LogP contribution is 2.46. The molecular weight excluding hydrogens is 344 g/mol. The highest BCUT2D eigenvalue weighted by Gasteiger charge is 2.51. The van der Waals surface area contributed by atoms with Crippen molar-refractivity contribution >= 4 is 12.1 Å². The molecule has 1 aliphatic heterocycles. The Bertz CT molecular complexity index is 665. The first-order chi connectivity index (χ1) is 12.8. The smallest absolute Gasteiger partial charge is 0.410 e. The topological polar surface area (TPSA) is 67.9 Å². The number of amides is 1. The Kier molecular flexibility index (Phi) is 5.75. The van der Waals surface area contributed by atoms with Gasteiger partial charge in [0.2, 0.25) is 0 Å². The predicted octanol–water partition coefficient (Wildman–Crippen LogP) is 3.11. The van der Waals surface area contributed by atoms with E-state index in [1.54, 1.807) is 4.90 Å². The van der Waals surface area contributed by atoms with Gasteiger partial charge in [-0.25, -0.2) is 4.79 Å². The molecule has 0 spiro atoms. The van der Waals surface area contributed by atoms with E-state index in [0.717, 1.165) is 24.8 Å². The highest BCUT2D eigenvalue weighted by atomic mass is 16.6. The van der Waals surface area contributed by atoms with Gasteiger partial charge < -0.3 is 19.7 Å². The summed E-state index contributed by atoms with van der Waals surface area (Å²) < 4.78 is 10.8. The molecule has 1 saturated carbocycles. The summed E-state index contributed by atoms with van der Waals surface area (Å²) >= 11 is 0. The van der Waals surface area contributed by atoms with Crippen molar-refractivity contribution in [3.8, 4) is 0 Å². The quantitative estimate of drug-likeness (QED) is 0.775. The predicted molar refractivity (Wildman–Crippen MR) is 102 cm³/mol. The van der Waals surface area contributed by atoms with Crippen LogP contribution in [0.3, 0.4) is 0 Å². The summed E-state index contributed by atoms with van der Waals surface area (Å²) in [5, 5.41) is 3.40. The van der Waals surface area contributed by atoms with E-state index in [2.05, 4.69) is 5.32 Å². The maximum atomic E-state index is 12.3. The lowest BCUT2D eigenvalue weighted by Gasteiger charge is -2.26. The van der Waals surface area contributed by atoms with Gasteiger partial charge in [0.05, 0.1) is 6.54 Å². The van der Waals surface area contributed by atoms with Gasteiger partial charge in [0.25, 0.3) is 0 Å². The fraction of sp³-hybridized carbons (Fsp3) is 0.619. The van der Waals surface area contributed by atoms with E-state index in [-0.39, 0.29) is 24.1 Å². The third kappa shape index (κ3) is 5.45. The number of nitrogens with zero attached hydrogens (tertiary/aromatic N) is 1. The minimum atomic E-state index is -0.470. The van der Waals surface area contributed by atoms with Crippen LogP contribution in [0.2, 0.25) is 0 Å². The lowest BCUT2D eigenvalue weighted by atomic mass is 9.96. The molecule has 2 aliphatic rings. The zero-order valence-corrected chi connectivity index (χ0v) is 16.5. The van der Waals surface area contributed by atoms with Crippen LogP contribution in [0, 0.1) is 5.92 Å². The van der Waals surface area contributed by atoms with E-state index in [1.807, 2.05) is 51.1 Å². The molecule has 6 nitrogen and oxygen atoms in total. The number of ether oxygens (including phenoxy) is 2. The summed E-state index contributed by atoms with van der Waals surface area (Å²) in [6.07, 6.45) is 2.74. The first kappa shape index (κ1) is 19.7. The zero-order chi connectivity index (χ0) is 19.5. The number of carbonyl (C=O) groups excluding carboxylic acids is 2. The normalized spacial score (nSPS) is 21.0. The van der Waals surface area contributed by atoms with Crippen LogP contribution in [0.4, 0.5) is 4.79 Å². The largest absolute Gasteiger partial charge is 0.459 e. The Morgan fingerprint density at radius 2 is 1.93 bits per heavy atom. The van der Waals surface area contributed by atoms with Crippen molar-refractivity contribution < 1.29 is 19.1 Å². The number of esters is 1. The number of hydrogen-bond acceptors (Lipinski definition) is 5. The van der Waals surface area contributed by atoms with E-state index >= 15 is 0 Å². The van der Waals surface area contributed by atoms with E-state index in [1.165, 1.54) is 0 Å². The maximum absolute atomic E-state index is 12.3. The molecule has 0 unspecified atom stereocenters. The van der Waals surface area contributed by atoms with E-state index in [9.17, 15) is 9.59 Å². The van der Waals surface area contributed by atoms with Crippen LogP contribution in [0.1, 0.15) is 45.6 Å². The molecule has 1 atom stereocenters. The number of likely N-dealkylation sites (tertiary alicyclic amines) is 1. The van der Waals surface area contributed by atoms with Gasteiger partial charge in [-0.3, -0.25) is 4.79 Å². The van der Waals surface area contributed by atoms with Gasteiger partial charge >= 0.3 is 12.1 Å². The molecule has 27 heavy (non-hydrogen) atoms. The summed E-state index contributed by atoms with van der Waals surface area (Å²) in [6.45, 7) is 7.49. The molecule has 1 saturated heterocycles. The van der Waals surface area contributed by atoms with Gasteiger partial charge in [0, 0.05) is 18.6 Å². The Morgan fingerprint density at radius 1 is 1.22 bits per heavy atom. The average molecular weight is 374 g/mol. The molecule has 1 heterocycles. The second kappa shape index (κ2) is 7.89. The number of carbonyl (C=O) groups is 2. The Morgan fingerprint density at radius 3 is 2.56 bits per heavy atom. The van der Waals surface area contributed by atoms with Crippen LogP contribution < -0.4 is 5.32 Å². The molecule has 1 N–H and O–H groups in total. The van der Waals surface area contributed by atoms with Gasteiger partial charge in [-0.05, 0) is 51.5 Å². The van der Waals surface area contributed by atoms with Gasteiger partial charge in [0.15, 0.2) is 0 Å². The Hall–Kier alpha value is -2.08. The van der Waals surface area contributed by atoms with Crippen molar-refractivity contribution in [3.05, 3.63) is 35.9 Å². The molecule has 1 aromatic rings. The van der Waals surface area contributed by atoms with Crippen molar-refractivity contribution in [2.75, 3.05) is 19.6 Å². The fourth-order valence-electron chi connectivity index (χ4n) is 3.68. The minimum absolute atomic E-state index is 0.0363. The van der Waals surface area contributed by atoms with Crippen molar-refractivity contribution in [2.24, 2.45) is 5.92 Å². The molecule has 6 heteroatoms. The minimum Gasteiger partial charge on any atom is -0.459 e. The molecule has 0 aromatic heterocycles. The third-order valence-electron chi connectivity index (χ3n) is 5.23. The van der Waals surface area contributed by atoms with Crippen molar-refractivity contribution in [1.82, 2.24) is 10.2 Å². The first-order valence-electron chi connectivity index (χ1n) is 9.70. The fourth-order valence-corrected chi connectivity index (χ4v) is 3.68. The number of hydrogen-bond donors (Lipinski definition) is 1. The third-order valence-corrected chi connectivity index (χ3v) is 5.23. The number of benzene rings is 1. The standard InChI is InChI=1S/C21H30N2O4/c1-20(2,3)27-18(24)13-22-21(10-11-21)17-9-12-23(14-17)19(25)26-15-16-7-5-4-6-8-16/h4-8,17,22H,9-15H2,1-3H3/t17-/m1/s1. The number of rotatable bonds is 6. The SMILES string of the molecule is CC(C)(C)OC(=O)CNC1([C@@H]2CCN(C(=O)OCc3ccccc3)C2)CC1. The van der Waals surface area contributed by atoms with Crippen LogP contribution in [-0.2, 0) is 20.9 Å². The van der Waals surface area contributed by atoms with Crippen LogP contribution in [0.5, 0.6) is 0 Å². The van der Waals surface area contributed by atoms with Crippen molar-refractivity contribution in [3.63, 3.8) is 0 Å². The van der Waals surface area contributed by atoms with E-state index in [0.29, 0.717) is 25.6 Å². The van der Waals surface area contributed by atoms with E-state index < -0.39 is 5.60 Å². The molecular formula is C21H30N2O4. The molecule has 1 aliphatic carbocycles. The van der Waals surface area contributed by atoms with Crippen molar-refractivity contribution in [1.29, 1.82) is 0 Å². The summed E-state index contributed by atoms with van der Waals surface area (Å²) in [6, 6.07) is 9.69. The zero-order valence-electron chi connectivity index (χ0n) is 16.5. The van der Waals surface area contributed by atoms with Gasteiger partial charge in [-0.15, -0.1) is 0 Å². The second-order valence-corrected chi connectivity index (χ2v) is 8.57. The van der Waals surface area contributed by atoms with Crippen LogP contribution in [-0.4, -0.2) is 47.7 Å². The van der Waals surface area contributed by atoms with Crippen molar-refractivity contribution in [2.45, 2.75) is 57.8 Å². The Balaban J connectivity index is 1.44. The molecule has 0 radical (unpaired) electrons.